The number of carbonyl (C=O) groups is 9. The summed E-state index contributed by atoms with van der Waals surface area (Å²) in [4.78, 5) is 136. The van der Waals surface area contributed by atoms with Gasteiger partial charge in [-0.15, -0.1) is 16.9 Å². The second kappa shape index (κ2) is 45.7. The highest BCUT2D eigenvalue weighted by atomic mass is 32.2. The highest BCUT2D eigenvalue weighted by Gasteiger charge is 2.51. The standard InChI is InChI=1S/C76H104N12O24S/c1-3-55-56-37-54(89)16-17-61(56)83-68-57(55)43-87-63(68)38-59-58(71(87)95)45-110-74(99)76(59,4-2)112-75(100)111-44-50-10-14-52(15-11-50)81-70(94)62(7-5-6-18-77)82-66(91)47-109-46-65(90)79-19-21-101-23-25-103-27-29-105-31-33-107-35-36-108-34-32-106-30-28-104-26-24-102-22-20-86-42-53(84-85-86)40-80-69(93)51-12-8-49(9-13-51)41-88-67(92)39-64(72(88)96)113-48-60(78)73(97)98/h10-11,14-17,37-38,42,49,51,60,62,64,89H,3-9,12-13,18-36,39-41,43-48,77-78H2,1-2H3,(H,79,90)(H,80,93)(H,81,94)(H,82,91)(H,97,98)/t49?,51?,60-,62+,64?,76+/m1/s1. The van der Waals surface area contributed by atoms with Gasteiger partial charge in [-0.25, -0.2) is 19.3 Å². The Hall–Kier alpha value is -9.12. The molecule has 36 nitrogen and oxygen atoms in total. The Morgan fingerprint density at radius 1 is 0.752 bits per heavy atom. The number of ether oxygens (including phenoxy) is 12. The van der Waals surface area contributed by atoms with Crippen LogP contribution in [0.5, 0.6) is 5.75 Å². The molecule has 2 fully saturated rings. The third-order valence-corrected chi connectivity index (χ3v) is 20.7. The van der Waals surface area contributed by atoms with Crippen LogP contribution in [0.3, 0.4) is 0 Å². The lowest BCUT2D eigenvalue weighted by molar-refractivity contribution is -0.175. The van der Waals surface area contributed by atoms with E-state index in [0.717, 1.165) is 28.3 Å². The van der Waals surface area contributed by atoms with Crippen molar-refractivity contribution >= 4 is 81.9 Å². The van der Waals surface area contributed by atoms with Gasteiger partial charge in [-0.05, 0) is 118 Å². The van der Waals surface area contributed by atoms with Gasteiger partial charge in [0, 0.05) is 53.4 Å². The van der Waals surface area contributed by atoms with Crippen molar-refractivity contribution in [2.75, 3.05) is 150 Å². The van der Waals surface area contributed by atoms with E-state index in [2.05, 4.69) is 31.6 Å². The van der Waals surface area contributed by atoms with Gasteiger partial charge in [0.05, 0.1) is 159 Å². The average molecular weight is 1600 g/mol. The lowest BCUT2D eigenvalue weighted by Gasteiger charge is -2.35. The van der Waals surface area contributed by atoms with Crippen molar-refractivity contribution in [2.45, 2.75) is 134 Å². The first kappa shape index (κ1) is 87.8. The summed E-state index contributed by atoms with van der Waals surface area (Å²) in [7, 11) is 0. The molecule has 4 atom stereocenters. The van der Waals surface area contributed by atoms with Crippen LogP contribution in [0.4, 0.5) is 10.5 Å². The van der Waals surface area contributed by atoms with E-state index in [1.54, 1.807) is 64.8 Å². The lowest BCUT2D eigenvalue weighted by atomic mass is 9.81. The molecule has 1 unspecified atom stereocenters. The average Bonchev–Trinajstić information content (AvgIpc) is 1.61. The summed E-state index contributed by atoms with van der Waals surface area (Å²) >= 11 is 1.10. The van der Waals surface area contributed by atoms with E-state index in [0.29, 0.717) is 191 Å². The van der Waals surface area contributed by atoms with Crippen LogP contribution in [0.1, 0.15) is 105 Å². The Morgan fingerprint density at radius 2 is 1.39 bits per heavy atom. The largest absolute Gasteiger partial charge is 0.510 e. The Labute approximate surface area is 657 Å². The molecule has 3 aromatic heterocycles. The second-order valence-corrected chi connectivity index (χ2v) is 28.5. The van der Waals surface area contributed by atoms with Gasteiger partial charge in [0.2, 0.25) is 41.0 Å². The number of aliphatic carboxylic acids is 1. The van der Waals surface area contributed by atoms with Crippen molar-refractivity contribution in [2.24, 2.45) is 23.3 Å². The summed E-state index contributed by atoms with van der Waals surface area (Å²) in [6, 6.07) is 10.8. The number of anilines is 1. The zero-order valence-electron chi connectivity index (χ0n) is 63.9. The molecule has 1 aliphatic carbocycles. The number of pyridine rings is 2. The van der Waals surface area contributed by atoms with Crippen LogP contribution in [0.2, 0.25) is 0 Å². The third-order valence-electron chi connectivity index (χ3n) is 19.3. The summed E-state index contributed by atoms with van der Waals surface area (Å²) in [5.74, 6) is -4.21. The molecule has 6 heterocycles. The molecular weight excluding hydrogens is 1500 g/mol. The highest BCUT2D eigenvalue weighted by Crippen LogP contribution is 2.43. The Balaban J connectivity index is 0.518. The number of aromatic hydroxyl groups is 1. The number of likely N-dealkylation sites (tertiary alicyclic amines) is 1. The number of hydrogen-bond donors (Lipinski definition) is 8. The summed E-state index contributed by atoms with van der Waals surface area (Å²) in [5, 5.41) is 38.7. The Bertz CT molecular complexity index is 4070. The van der Waals surface area contributed by atoms with E-state index in [1.165, 1.54) is 11.0 Å². The summed E-state index contributed by atoms with van der Waals surface area (Å²) in [6.07, 6.45) is 5.19. The third kappa shape index (κ3) is 26.2. The number of phenols is 1. The zero-order chi connectivity index (χ0) is 80.5. The molecular formula is C76H104N12O24S. The SMILES string of the molecule is CCc1c2c(nc3ccc(O)cc13)-c1cc3c(c(=O)n1C2)COC(=O)[C@@]3(CC)OC(=O)OCc1ccc(NC(=O)[C@H](CCCCN)NC(=O)COCC(=O)NCCOCCOCCOCCOCCOCCOCCOCCOCCn2cc(CNC(=O)C3CCC(CN4C(=O)CC(SC[C@@H](N)C(=O)O)C4=O)CC3)nn2)cc1. The number of phenolic OH excluding ortho intramolecular Hbond substituents is 1. The van der Waals surface area contributed by atoms with E-state index in [1.807, 2.05) is 6.92 Å². The summed E-state index contributed by atoms with van der Waals surface area (Å²) in [6.45, 7) is 9.78. The normalized spacial score (nSPS) is 17.6. The van der Waals surface area contributed by atoms with E-state index in [9.17, 15) is 53.1 Å². The lowest BCUT2D eigenvalue weighted by Crippen LogP contribution is -2.47. The zero-order valence-corrected chi connectivity index (χ0v) is 64.7. The topological polar surface area (TPSA) is 474 Å². The van der Waals surface area contributed by atoms with Crippen LogP contribution >= 0.6 is 11.8 Å². The number of imide groups is 1. The van der Waals surface area contributed by atoms with Crippen molar-refractivity contribution in [3.05, 3.63) is 98.6 Å². The molecule has 4 aliphatic rings. The number of nitrogens with two attached hydrogens (primary N) is 2. The van der Waals surface area contributed by atoms with E-state index in [4.69, 9.17) is 78.4 Å². The van der Waals surface area contributed by atoms with Gasteiger partial charge in [-0.2, -0.15) is 0 Å². The molecule has 3 aliphatic heterocycles. The number of carboxylic acid groups (broad SMARTS) is 1. The molecule has 9 rings (SSSR count). The van der Waals surface area contributed by atoms with Crippen molar-refractivity contribution < 1.29 is 110 Å². The molecule has 5 aromatic rings. The first-order valence-electron chi connectivity index (χ1n) is 38.2. The van der Waals surface area contributed by atoms with E-state index in [-0.39, 0.29) is 118 Å². The molecule has 1 saturated carbocycles. The molecule has 6 amide bonds. The maximum atomic E-state index is 14.1. The van der Waals surface area contributed by atoms with E-state index >= 15 is 0 Å². The van der Waals surface area contributed by atoms with Crippen molar-refractivity contribution in [3.63, 3.8) is 0 Å². The number of thioether (sulfide) groups is 1. The van der Waals surface area contributed by atoms with Crippen LogP contribution in [-0.4, -0.2) is 255 Å². The first-order chi connectivity index (χ1) is 54.8. The number of hydrogen-bond acceptors (Lipinski definition) is 29. The van der Waals surface area contributed by atoms with E-state index < -0.39 is 77.5 Å². The fraction of sp³-hybridized carbons (Fsp3) is 0.592. The van der Waals surface area contributed by atoms with Gasteiger partial charge in [0.25, 0.3) is 5.56 Å². The number of nitrogens with zero attached hydrogens (tertiary/aromatic N) is 6. The molecule has 1 saturated heterocycles. The van der Waals surface area contributed by atoms with Gasteiger partial charge in [-0.1, -0.05) is 31.2 Å². The smallest absolute Gasteiger partial charge is 0.508 e. The van der Waals surface area contributed by atoms with Gasteiger partial charge in [0.15, 0.2) is 0 Å². The number of amides is 6. The minimum absolute atomic E-state index is 0.0346. The monoisotopic (exact) mass is 1600 g/mol. The first-order valence-corrected chi connectivity index (χ1v) is 39.3. The highest BCUT2D eigenvalue weighted by molar-refractivity contribution is 8.00. The molecule has 0 radical (unpaired) electrons. The number of carboxylic acids is 1. The quantitative estimate of drug-likeness (QED) is 0.0154. The molecule has 2 aromatic carbocycles. The number of rotatable bonds is 52. The molecule has 618 valence electrons. The van der Waals surface area contributed by atoms with Gasteiger partial charge < -0.3 is 104 Å². The fourth-order valence-corrected chi connectivity index (χ4v) is 14.4. The summed E-state index contributed by atoms with van der Waals surface area (Å²) in [5.41, 5.74) is 14.0. The van der Waals surface area contributed by atoms with Crippen molar-refractivity contribution in [3.8, 4) is 17.1 Å². The van der Waals surface area contributed by atoms with Crippen molar-refractivity contribution in [1.29, 1.82) is 0 Å². The Morgan fingerprint density at radius 3 is 2.02 bits per heavy atom. The van der Waals surface area contributed by atoms with Crippen LogP contribution in [0, 0.1) is 11.8 Å². The molecule has 0 bridgehead atoms. The van der Waals surface area contributed by atoms with Crippen LogP contribution < -0.4 is 38.3 Å². The van der Waals surface area contributed by atoms with Gasteiger partial charge >= 0.3 is 18.1 Å². The predicted octanol–water partition coefficient (Wildman–Crippen LogP) is 2.51. The minimum Gasteiger partial charge on any atom is -0.508 e. The number of esters is 1. The number of aryl methyl sites for hydroxylation is 1. The molecule has 0 spiro atoms. The van der Waals surface area contributed by atoms with Crippen molar-refractivity contribution in [1.82, 2.24) is 45.4 Å². The van der Waals surface area contributed by atoms with Gasteiger partial charge in [0.1, 0.15) is 50.0 Å². The number of benzene rings is 2. The van der Waals surface area contributed by atoms with Crippen LogP contribution in [-0.2, 0) is 140 Å². The molecule has 113 heavy (non-hydrogen) atoms. The minimum atomic E-state index is -2.01. The number of unbranched alkanes of at least 4 members (excludes halogenated alkanes) is 1. The maximum absolute atomic E-state index is 14.1. The number of carbonyl (C=O) groups excluding carboxylic acids is 8. The molecule has 10 N–H and O–H groups in total. The second-order valence-electron chi connectivity index (χ2n) is 27.2. The summed E-state index contributed by atoms with van der Waals surface area (Å²) < 4.78 is 69.8. The van der Waals surface area contributed by atoms with Crippen LogP contribution in [0.15, 0.2) is 59.5 Å². The van der Waals surface area contributed by atoms with Gasteiger partial charge in [-0.3, -0.25) is 43.3 Å². The number of cyclic esters (lactones) is 1. The Kier molecular flexibility index (Phi) is 35.5. The molecule has 37 heteroatoms. The number of fused-ring (bicyclic) bond motifs is 5. The number of nitrogens with one attached hydrogen (secondary N) is 4. The predicted molar refractivity (Wildman–Crippen MR) is 405 cm³/mol. The fourth-order valence-electron chi connectivity index (χ4n) is 13.3. The maximum Gasteiger partial charge on any atom is 0.510 e. The van der Waals surface area contributed by atoms with Crippen LogP contribution in [0.25, 0.3) is 22.3 Å². The number of aromatic nitrogens is 5.